The fourth-order valence-electron chi connectivity index (χ4n) is 2.83. The first kappa shape index (κ1) is 14.4. The molecule has 0 amide bonds. The van der Waals surface area contributed by atoms with E-state index in [9.17, 15) is 0 Å². The maximum absolute atomic E-state index is 3.60. The fourth-order valence-corrected chi connectivity index (χ4v) is 2.83. The van der Waals surface area contributed by atoms with Crippen molar-refractivity contribution in [2.45, 2.75) is 45.6 Å². The number of anilines is 1. The Morgan fingerprint density at radius 2 is 2.05 bits per heavy atom. The van der Waals surface area contributed by atoms with Gasteiger partial charge >= 0.3 is 0 Å². The van der Waals surface area contributed by atoms with Gasteiger partial charge in [-0.15, -0.1) is 0 Å². The van der Waals surface area contributed by atoms with E-state index in [-0.39, 0.29) is 0 Å². The summed E-state index contributed by atoms with van der Waals surface area (Å²) in [5.41, 5.74) is 2.82. The summed E-state index contributed by atoms with van der Waals surface area (Å²) in [6.07, 6.45) is 5.44. The number of hydrogen-bond donors (Lipinski definition) is 1. The Morgan fingerprint density at radius 3 is 2.68 bits per heavy atom. The van der Waals surface area contributed by atoms with Gasteiger partial charge < -0.3 is 10.2 Å². The maximum Gasteiger partial charge on any atom is 0.0412 e. The van der Waals surface area contributed by atoms with Crippen LogP contribution < -0.4 is 10.2 Å². The Morgan fingerprint density at radius 1 is 1.32 bits per heavy atom. The Labute approximate surface area is 118 Å². The molecule has 1 saturated carbocycles. The zero-order chi connectivity index (χ0) is 13.7. The van der Waals surface area contributed by atoms with Crippen molar-refractivity contribution in [3.63, 3.8) is 0 Å². The van der Waals surface area contributed by atoms with Crippen molar-refractivity contribution in [1.29, 1.82) is 0 Å². The molecule has 1 aromatic rings. The topological polar surface area (TPSA) is 15.3 Å². The smallest absolute Gasteiger partial charge is 0.0412 e. The van der Waals surface area contributed by atoms with Gasteiger partial charge in [0.25, 0.3) is 0 Å². The van der Waals surface area contributed by atoms with Crippen LogP contribution >= 0.6 is 0 Å². The molecular weight excluding hydrogens is 232 g/mol. The Balaban J connectivity index is 2.05. The van der Waals surface area contributed by atoms with Crippen LogP contribution in [0.25, 0.3) is 0 Å². The van der Waals surface area contributed by atoms with E-state index in [1.807, 2.05) is 0 Å². The first-order valence-corrected chi connectivity index (χ1v) is 7.75. The van der Waals surface area contributed by atoms with E-state index in [1.165, 1.54) is 43.5 Å². The SMILES string of the molecule is CCCNC(C)c1ccccc1N(C)CC1CCC1. The molecule has 19 heavy (non-hydrogen) atoms. The van der Waals surface area contributed by atoms with E-state index in [1.54, 1.807) is 0 Å². The highest BCUT2D eigenvalue weighted by Gasteiger charge is 2.20. The van der Waals surface area contributed by atoms with Gasteiger partial charge in [-0.3, -0.25) is 0 Å². The molecule has 0 bridgehead atoms. The van der Waals surface area contributed by atoms with Crippen LogP contribution in [0.15, 0.2) is 24.3 Å². The number of benzene rings is 1. The Bertz CT molecular complexity index is 385. The average molecular weight is 260 g/mol. The molecular formula is C17H28N2. The van der Waals surface area contributed by atoms with Crippen molar-refractivity contribution in [2.75, 3.05) is 25.0 Å². The summed E-state index contributed by atoms with van der Waals surface area (Å²) in [6.45, 7) is 6.78. The molecule has 0 spiro atoms. The summed E-state index contributed by atoms with van der Waals surface area (Å²) in [7, 11) is 2.24. The van der Waals surface area contributed by atoms with Gasteiger partial charge in [-0.05, 0) is 50.3 Å². The molecule has 2 heteroatoms. The van der Waals surface area contributed by atoms with Crippen molar-refractivity contribution >= 4 is 5.69 Å². The fraction of sp³-hybridized carbons (Fsp3) is 0.647. The summed E-state index contributed by atoms with van der Waals surface area (Å²) in [6, 6.07) is 9.26. The van der Waals surface area contributed by atoms with Gasteiger partial charge in [-0.2, -0.15) is 0 Å². The lowest BCUT2D eigenvalue weighted by Gasteiger charge is -2.33. The van der Waals surface area contributed by atoms with Crippen molar-refractivity contribution in [1.82, 2.24) is 5.32 Å². The zero-order valence-corrected chi connectivity index (χ0v) is 12.7. The lowest BCUT2D eigenvalue weighted by Crippen LogP contribution is -2.31. The predicted molar refractivity (Wildman–Crippen MR) is 83.8 cm³/mol. The van der Waals surface area contributed by atoms with Crippen molar-refractivity contribution < 1.29 is 0 Å². The van der Waals surface area contributed by atoms with E-state index in [4.69, 9.17) is 0 Å². The summed E-state index contributed by atoms with van der Waals surface area (Å²) in [5.74, 6) is 0.914. The van der Waals surface area contributed by atoms with Gasteiger partial charge in [0.2, 0.25) is 0 Å². The minimum Gasteiger partial charge on any atom is -0.374 e. The third-order valence-electron chi connectivity index (χ3n) is 4.27. The lowest BCUT2D eigenvalue weighted by atomic mass is 9.85. The summed E-state index contributed by atoms with van der Waals surface area (Å²) < 4.78 is 0. The van der Waals surface area contributed by atoms with Gasteiger partial charge in [0.1, 0.15) is 0 Å². The normalized spacial score (nSPS) is 17.0. The number of nitrogens with one attached hydrogen (secondary N) is 1. The van der Waals surface area contributed by atoms with Gasteiger partial charge in [-0.1, -0.05) is 31.5 Å². The van der Waals surface area contributed by atoms with E-state index in [0.717, 1.165) is 12.5 Å². The molecule has 1 unspecified atom stereocenters. The molecule has 1 aliphatic carbocycles. The first-order valence-electron chi connectivity index (χ1n) is 7.75. The number of nitrogens with zero attached hydrogens (tertiary/aromatic N) is 1. The van der Waals surface area contributed by atoms with Crippen molar-refractivity contribution in [2.24, 2.45) is 5.92 Å². The molecule has 0 saturated heterocycles. The van der Waals surface area contributed by atoms with Gasteiger partial charge in [0, 0.05) is 25.3 Å². The summed E-state index contributed by atoms with van der Waals surface area (Å²) in [4.78, 5) is 2.45. The second kappa shape index (κ2) is 6.95. The molecule has 0 heterocycles. The van der Waals surface area contributed by atoms with Crippen LogP contribution in [-0.4, -0.2) is 20.1 Å². The Hall–Kier alpha value is -1.02. The first-order chi connectivity index (χ1) is 9.22. The zero-order valence-electron chi connectivity index (χ0n) is 12.7. The second-order valence-corrected chi connectivity index (χ2v) is 5.91. The standard InChI is InChI=1S/C17H28N2/c1-4-12-18-14(2)16-10-5-6-11-17(16)19(3)13-15-8-7-9-15/h5-6,10-11,14-15,18H,4,7-9,12-13H2,1-3H3. The van der Waals surface area contributed by atoms with Crippen LogP contribution in [0.1, 0.15) is 51.1 Å². The second-order valence-electron chi connectivity index (χ2n) is 5.91. The minimum absolute atomic E-state index is 0.431. The molecule has 0 aromatic heterocycles. The van der Waals surface area contributed by atoms with Gasteiger partial charge in [0.05, 0.1) is 0 Å². The molecule has 1 aromatic carbocycles. The van der Waals surface area contributed by atoms with Crippen LogP contribution in [0, 0.1) is 5.92 Å². The third kappa shape index (κ3) is 3.73. The maximum atomic E-state index is 3.60. The van der Waals surface area contributed by atoms with Crippen LogP contribution in [0.4, 0.5) is 5.69 Å². The van der Waals surface area contributed by atoms with Gasteiger partial charge in [-0.25, -0.2) is 0 Å². The molecule has 1 fully saturated rings. The van der Waals surface area contributed by atoms with Crippen LogP contribution in [0.5, 0.6) is 0 Å². The molecule has 0 aliphatic heterocycles. The molecule has 2 nitrogen and oxygen atoms in total. The largest absolute Gasteiger partial charge is 0.374 e. The molecule has 2 rings (SSSR count). The highest BCUT2D eigenvalue weighted by atomic mass is 15.1. The summed E-state index contributed by atoms with van der Waals surface area (Å²) >= 11 is 0. The van der Waals surface area contributed by atoms with Crippen molar-refractivity contribution in [3.05, 3.63) is 29.8 Å². The number of para-hydroxylation sites is 1. The quantitative estimate of drug-likeness (QED) is 0.797. The Kier molecular flexibility index (Phi) is 5.26. The number of rotatable bonds is 7. The van der Waals surface area contributed by atoms with Crippen LogP contribution in [-0.2, 0) is 0 Å². The van der Waals surface area contributed by atoms with Crippen LogP contribution in [0.3, 0.4) is 0 Å². The van der Waals surface area contributed by atoms with E-state index < -0.39 is 0 Å². The van der Waals surface area contributed by atoms with Crippen molar-refractivity contribution in [3.8, 4) is 0 Å². The molecule has 0 radical (unpaired) electrons. The lowest BCUT2D eigenvalue weighted by molar-refractivity contribution is 0.321. The predicted octanol–water partition coefficient (Wildman–Crippen LogP) is 3.98. The monoisotopic (exact) mass is 260 g/mol. The van der Waals surface area contributed by atoms with Gasteiger partial charge in [0.15, 0.2) is 0 Å². The molecule has 106 valence electrons. The molecule has 1 atom stereocenters. The summed E-state index contributed by atoms with van der Waals surface area (Å²) in [5, 5.41) is 3.60. The molecule has 1 aliphatic rings. The van der Waals surface area contributed by atoms with Crippen LogP contribution in [0.2, 0.25) is 0 Å². The average Bonchev–Trinajstić information content (AvgIpc) is 2.40. The molecule has 1 N–H and O–H groups in total. The number of hydrogen-bond acceptors (Lipinski definition) is 2. The minimum atomic E-state index is 0.431. The highest BCUT2D eigenvalue weighted by molar-refractivity contribution is 5.54. The van der Waals surface area contributed by atoms with E-state index >= 15 is 0 Å². The highest BCUT2D eigenvalue weighted by Crippen LogP contribution is 2.31. The van der Waals surface area contributed by atoms with E-state index in [2.05, 4.69) is 55.4 Å². The third-order valence-corrected chi connectivity index (χ3v) is 4.27. The van der Waals surface area contributed by atoms with E-state index in [0.29, 0.717) is 6.04 Å².